The van der Waals surface area contributed by atoms with Crippen molar-refractivity contribution in [3.63, 3.8) is 0 Å². The second-order valence-electron chi connectivity index (χ2n) is 10.4. The van der Waals surface area contributed by atoms with E-state index in [1.807, 2.05) is 19.1 Å². The molecular formula is C29H46O2. The lowest BCUT2D eigenvalue weighted by molar-refractivity contribution is -0.134. The summed E-state index contributed by atoms with van der Waals surface area (Å²) in [5.74, 6) is 4.51. The van der Waals surface area contributed by atoms with Crippen LogP contribution in [0.1, 0.15) is 116 Å². The van der Waals surface area contributed by atoms with Crippen LogP contribution < -0.4 is 4.74 Å². The topological polar surface area (TPSA) is 26.3 Å². The van der Waals surface area contributed by atoms with Gasteiger partial charge in [-0.3, -0.25) is 4.79 Å². The molecule has 31 heavy (non-hydrogen) atoms. The van der Waals surface area contributed by atoms with Gasteiger partial charge < -0.3 is 4.74 Å². The first-order valence-corrected chi connectivity index (χ1v) is 13.5. The lowest BCUT2D eigenvalue weighted by Gasteiger charge is -2.38. The Morgan fingerprint density at radius 1 is 0.774 bits per heavy atom. The van der Waals surface area contributed by atoms with Gasteiger partial charge in [0, 0.05) is 6.42 Å². The largest absolute Gasteiger partial charge is 0.427 e. The predicted octanol–water partition coefficient (Wildman–Crippen LogP) is 8.52. The van der Waals surface area contributed by atoms with E-state index in [-0.39, 0.29) is 5.97 Å². The monoisotopic (exact) mass is 426 g/mol. The number of esters is 1. The second-order valence-corrected chi connectivity index (χ2v) is 10.4. The fourth-order valence-electron chi connectivity index (χ4n) is 6.05. The minimum Gasteiger partial charge on any atom is -0.427 e. The highest BCUT2D eigenvalue weighted by Crippen LogP contribution is 2.43. The fraction of sp³-hybridized carbons (Fsp3) is 0.759. The van der Waals surface area contributed by atoms with Crippen LogP contribution in [-0.2, 0) is 11.2 Å². The van der Waals surface area contributed by atoms with Gasteiger partial charge in [-0.1, -0.05) is 83.8 Å². The third-order valence-corrected chi connectivity index (χ3v) is 8.20. The van der Waals surface area contributed by atoms with Crippen LogP contribution in [-0.4, -0.2) is 5.97 Å². The molecular weight excluding hydrogens is 380 g/mol. The minimum absolute atomic E-state index is 0.162. The Kier molecular flexibility index (Phi) is 10.4. The highest BCUT2D eigenvalue weighted by molar-refractivity contribution is 5.71. The molecule has 2 saturated carbocycles. The third-order valence-electron chi connectivity index (χ3n) is 8.20. The van der Waals surface area contributed by atoms with E-state index < -0.39 is 0 Å². The van der Waals surface area contributed by atoms with Crippen molar-refractivity contribution in [2.75, 3.05) is 0 Å². The number of carbonyl (C=O) groups excluding carboxylic acids is 1. The molecule has 0 unspecified atom stereocenters. The van der Waals surface area contributed by atoms with Crippen molar-refractivity contribution in [3.8, 4) is 5.75 Å². The van der Waals surface area contributed by atoms with E-state index in [1.165, 1.54) is 95.5 Å². The summed E-state index contributed by atoms with van der Waals surface area (Å²) in [5.41, 5.74) is 1.37. The van der Waals surface area contributed by atoms with Gasteiger partial charge in [0.2, 0.25) is 0 Å². The summed E-state index contributed by atoms with van der Waals surface area (Å²) in [4.78, 5) is 11.4. The third kappa shape index (κ3) is 8.28. The van der Waals surface area contributed by atoms with E-state index in [4.69, 9.17) is 4.74 Å². The summed E-state index contributed by atoms with van der Waals surface area (Å²) in [6, 6.07) is 8.15. The Balaban J connectivity index is 1.30. The van der Waals surface area contributed by atoms with Gasteiger partial charge in [-0.25, -0.2) is 0 Å². The molecule has 0 N–H and O–H groups in total. The van der Waals surface area contributed by atoms with E-state index in [2.05, 4.69) is 19.1 Å². The first kappa shape index (κ1) is 24.3. The summed E-state index contributed by atoms with van der Waals surface area (Å²) >= 11 is 0. The molecule has 3 rings (SSSR count). The molecule has 2 nitrogen and oxygen atoms in total. The van der Waals surface area contributed by atoms with E-state index in [1.54, 1.807) is 0 Å². The van der Waals surface area contributed by atoms with Crippen LogP contribution in [0.2, 0.25) is 0 Å². The Bertz CT molecular complexity index is 619. The van der Waals surface area contributed by atoms with Crippen LogP contribution >= 0.6 is 0 Å². The maximum Gasteiger partial charge on any atom is 0.310 e. The van der Waals surface area contributed by atoms with E-state index in [0.29, 0.717) is 12.2 Å². The highest BCUT2D eigenvalue weighted by atomic mass is 16.5. The van der Waals surface area contributed by atoms with Gasteiger partial charge in [-0.2, -0.15) is 0 Å². The van der Waals surface area contributed by atoms with Crippen LogP contribution in [0.25, 0.3) is 0 Å². The van der Waals surface area contributed by atoms with Crippen molar-refractivity contribution < 1.29 is 9.53 Å². The molecule has 0 atom stereocenters. The van der Waals surface area contributed by atoms with Crippen molar-refractivity contribution in [2.45, 2.75) is 117 Å². The molecule has 2 aliphatic rings. The van der Waals surface area contributed by atoms with E-state index in [0.717, 1.165) is 30.1 Å². The molecule has 0 amide bonds. The summed E-state index contributed by atoms with van der Waals surface area (Å²) < 4.78 is 5.28. The van der Waals surface area contributed by atoms with Crippen LogP contribution in [0.15, 0.2) is 24.3 Å². The Hall–Kier alpha value is -1.31. The summed E-state index contributed by atoms with van der Waals surface area (Å²) in [7, 11) is 0. The average Bonchev–Trinajstić information content (AvgIpc) is 2.82. The van der Waals surface area contributed by atoms with Crippen molar-refractivity contribution in [3.05, 3.63) is 29.8 Å². The highest BCUT2D eigenvalue weighted by Gasteiger charge is 2.30. The van der Waals surface area contributed by atoms with Crippen LogP contribution in [0.5, 0.6) is 5.75 Å². The Morgan fingerprint density at radius 2 is 1.35 bits per heavy atom. The van der Waals surface area contributed by atoms with Crippen molar-refractivity contribution >= 4 is 5.97 Å². The first-order chi connectivity index (χ1) is 15.2. The Morgan fingerprint density at radius 3 is 1.90 bits per heavy atom. The lowest BCUT2D eigenvalue weighted by atomic mass is 9.68. The zero-order valence-electron chi connectivity index (χ0n) is 20.2. The molecule has 1 aromatic carbocycles. The summed E-state index contributed by atoms with van der Waals surface area (Å²) in [5, 5.41) is 0. The standard InChI is InChI=1S/C29H46O2/c1-3-5-6-7-8-23-11-17-26(18-12-23)27-19-13-24(14-20-27)9-10-25-15-21-28(22-16-25)31-29(30)4-2/h15-16,21-24,26-27H,3-14,17-20H2,1-2H3. The average molecular weight is 427 g/mol. The molecule has 0 aromatic heterocycles. The number of rotatable bonds is 11. The van der Waals surface area contributed by atoms with Crippen molar-refractivity contribution in [1.29, 1.82) is 0 Å². The van der Waals surface area contributed by atoms with Gasteiger partial charge in [-0.05, 0) is 79.9 Å². The molecule has 0 heterocycles. The smallest absolute Gasteiger partial charge is 0.310 e. The molecule has 2 fully saturated rings. The normalized spacial score (nSPS) is 26.5. The fourth-order valence-corrected chi connectivity index (χ4v) is 6.05. The van der Waals surface area contributed by atoms with Gasteiger partial charge in [-0.15, -0.1) is 0 Å². The molecule has 0 bridgehead atoms. The minimum atomic E-state index is -0.162. The molecule has 1 aromatic rings. The van der Waals surface area contributed by atoms with E-state index >= 15 is 0 Å². The molecule has 2 aliphatic carbocycles. The molecule has 0 saturated heterocycles. The Labute approximate surface area is 191 Å². The summed E-state index contributed by atoms with van der Waals surface area (Å²) in [6.07, 6.45) is 22.0. The molecule has 0 radical (unpaired) electrons. The molecule has 2 heteroatoms. The van der Waals surface area contributed by atoms with Gasteiger partial charge in [0.05, 0.1) is 0 Å². The number of aryl methyl sites for hydroxylation is 1. The van der Waals surface area contributed by atoms with E-state index in [9.17, 15) is 4.79 Å². The maximum absolute atomic E-state index is 11.4. The lowest BCUT2D eigenvalue weighted by Crippen LogP contribution is -2.26. The quantitative estimate of drug-likeness (QED) is 0.201. The van der Waals surface area contributed by atoms with Gasteiger partial charge in [0.15, 0.2) is 0 Å². The van der Waals surface area contributed by atoms with Crippen LogP contribution in [0.4, 0.5) is 0 Å². The van der Waals surface area contributed by atoms with Gasteiger partial charge in [0.25, 0.3) is 0 Å². The van der Waals surface area contributed by atoms with Crippen molar-refractivity contribution in [1.82, 2.24) is 0 Å². The maximum atomic E-state index is 11.4. The molecule has 0 spiro atoms. The number of unbranched alkanes of at least 4 members (excludes halogenated alkanes) is 3. The van der Waals surface area contributed by atoms with Crippen LogP contribution in [0, 0.1) is 23.7 Å². The number of carbonyl (C=O) groups is 1. The van der Waals surface area contributed by atoms with Crippen molar-refractivity contribution in [2.24, 2.45) is 23.7 Å². The summed E-state index contributed by atoms with van der Waals surface area (Å²) in [6.45, 7) is 4.14. The second kappa shape index (κ2) is 13.3. The first-order valence-electron chi connectivity index (χ1n) is 13.5. The van der Waals surface area contributed by atoms with Gasteiger partial charge >= 0.3 is 5.97 Å². The molecule has 174 valence electrons. The number of hydrogen-bond donors (Lipinski definition) is 0. The number of benzene rings is 1. The van der Waals surface area contributed by atoms with Gasteiger partial charge in [0.1, 0.15) is 5.75 Å². The molecule has 0 aliphatic heterocycles. The van der Waals surface area contributed by atoms with Crippen LogP contribution in [0.3, 0.4) is 0 Å². The number of hydrogen-bond acceptors (Lipinski definition) is 2. The SMILES string of the molecule is CCCCCCC1CCC(C2CCC(CCc3ccc(OC(=O)CC)cc3)CC2)CC1. The zero-order chi connectivity index (χ0) is 21.9. The predicted molar refractivity (Wildman–Crippen MR) is 130 cm³/mol. The zero-order valence-corrected chi connectivity index (χ0v) is 20.2. The number of ether oxygens (including phenoxy) is 1.